The van der Waals surface area contributed by atoms with Gasteiger partial charge in [0, 0.05) is 43.0 Å². The van der Waals surface area contributed by atoms with Gasteiger partial charge in [-0.2, -0.15) is 0 Å². The molecule has 0 saturated carbocycles. The lowest BCUT2D eigenvalue weighted by Gasteiger charge is -2.19. The lowest BCUT2D eigenvalue weighted by atomic mass is 10.1. The van der Waals surface area contributed by atoms with Crippen molar-refractivity contribution in [1.82, 2.24) is 19.9 Å². The van der Waals surface area contributed by atoms with Crippen LogP contribution in [0.3, 0.4) is 0 Å². The van der Waals surface area contributed by atoms with Crippen LogP contribution < -0.4 is 15.4 Å². The van der Waals surface area contributed by atoms with Crippen molar-refractivity contribution in [2.45, 2.75) is 33.1 Å². The molecule has 1 amide bonds. The zero-order valence-corrected chi connectivity index (χ0v) is 22.3. The van der Waals surface area contributed by atoms with Crippen molar-refractivity contribution in [3.8, 4) is 5.75 Å². The SMILES string of the molecule is Cc1nc(C2=C(N)CN(C(=O)c3ccc(F)cc3OCCc3cncc(N4CCCC4)c3)C2)nc(C)c1Cl. The third-order valence-corrected chi connectivity index (χ3v) is 7.46. The van der Waals surface area contributed by atoms with E-state index in [1.54, 1.807) is 18.7 Å². The van der Waals surface area contributed by atoms with Crippen molar-refractivity contribution < 1.29 is 13.9 Å². The van der Waals surface area contributed by atoms with Gasteiger partial charge in [0.1, 0.15) is 11.6 Å². The minimum Gasteiger partial charge on any atom is -0.492 e. The Balaban J connectivity index is 1.27. The van der Waals surface area contributed by atoms with E-state index >= 15 is 0 Å². The fourth-order valence-electron chi connectivity index (χ4n) is 4.85. The van der Waals surface area contributed by atoms with Gasteiger partial charge in [0.05, 0.1) is 53.6 Å². The topological polar surface area (TPSA) is 97.5 Å². The highest BCUT2D eigenvalue weighted by Gasteiger charge is 2.30. The number of hydrogen-bond acceptors (Lipinski definition) is 7. The van der Waals surface area contributed by atoms with E-state index in [1.807, 2.05) is 12.4 Å². The smallest absolute Gasteiger partial charge is 0.258 e. The maximum Gasteiger partial charge on any atom is 0.258 e. The number of rotatable bonds is 7. The van der Waals surface area contributed by atoms with Crippen LogP contribution in [0.4, 0.5) is 10.1 Å². The Morgan fingerprint density at radius 1 is 1.11 bits per heavy atom. The molecule has 2 aliphatic rings. The average Bonchev–Trinajstić information content (AvgIpc) is 3.57. The molecule has 10 heteroatoms. The van der Waals surface area contributed by atoms with E-state index in [4.69, 9.17) is 22.1 Å². The van der Waals surface area contributed by atoms with Gasteiger partial charge in [-0.1, -0.05) is 11.6 Å². The zero-order valence-electron chi connectivity index (χ0n) is 21.5. The number of pyridine rings is 1. The number of carbonyl (C=O) groups is 1. The average molecular weight is 537 g/mol. The molecule has 0 spiro atoms. The van der Waals surface area contributed by atoms with Crippen LogP contribution in [-0.4, -0.2) is 58.5 Å². The summed E-state index contributed by atoms with van der Waals surface area (Å²) in [5.41, 5.74) is 11.2. The molecule has 1 saturated heterocycles. The summed E-state index contributed by atoms with van der Waals surface area (Å²) < 4.78 is 20.1. The summed E-state index contributed by atoms with van der Waals surface area (Å²) in [6.45, 7) is 6.40. The number of halogens is 2. The predicted octanol–water partition coefficient (Wildman–Crippen LogP) is 4.33. The van der Waals surface area contributed by atoms with Crippen LogP contribution in [0.5, 0.6) is 5.75 Å². The van der Waals surface area contributed by atoms with Gasteiger partial charge in [-0.25, -0.2) is 14.4 Å². The first kappa shape index (κ1) is 25.9. The van der Waals surface area contributed by atoms with E-state index in [0.717, 1.165) is 24.3 Å². The van der Waals surface area contributed by atoms with E-state index in [-0.39, 0.29) is 36.9 Å². The van der Waals surface area contributed by atoms with Crippen LogP contribution >= 0.6 is 11.6 Å². The number of nitrogens with zero attached hydrogens (tertiary/aromatic N) is 5. The quantitative estimate of drug-likeness (QED) is 0.480. The van der Waals surface area contributed by atoms with Crippen molar-refractivity contribution in [3.05, 3.63) is 81.5 Å². The molecular formula is C28H30ClFN6O2. The summed E-state index contributed by atoms with van der Waals surface area (Å²) in [4.78, 5) is 30.7. The Morgan fingerprint density at radius 2 is 1.84 bits per heavy atom. The second-order valence-corrected chi connectivity index (χ2v) is 10.1. The first-order chi connectivity index (χ1) is 18.3. The Kier molecular flexibility index (Phi) is 7.46. The first-order valence-electron chi connectivity index (χ1n) is 12.7. The molecule has 0 bridgehead atoms. The first-order valence-corrected chi connectivity index (χ1v) is 13.1. The van der Waals surface area contributed by atoms with Gasteiger partial charge >= 0.3 is 0 Å². The number of amides is 1. The normalized spacial score (nSPS) is 15.5. The Bertz CT molecular complexity index is 1380. The van der Waals surface area contributed by atoms with Gasteiger partial charge in [-0.05, 0) is 50.5 Å². The fraction of sp³-hybridized carbons (Fsp3) is 0.357. The summed E-state index contributed by atoms with van der Waals surface area (Å²) in [6.07, 6.45) is 6.64. The molecule has 4 heterocycles. The summed E-state index contributed by atoms with van der Waals surface area (Å²) in [5, 5.41) is 0.505. The Morgan fingerprint density at radius 3 is 2.58 bits per heavy atom. The molecule has 1 aromatic carbocycles. The van der Waals surface area contributed by atoms with Gasteiger partial charge in [0.25, 0.3) is 5.91 Å². The van der Waals surface area contributed by atoms with E-state index in [1.165, 1.54) is 31.0 Å². The summed E-state index contributed by atoms with van der Waals surface area (Å²) in [6, 6.07) is 6.06. The molecule has 3 aromatic rings. The highest BCUT2D eigenvalue weighted by atomic mass is 35.5. The third kappa shape index (κ3) is 5.43. The van der Waals surface area contributed by atoms with Gasteiger partial charge < -0.3 is 20.3 Å². The molecule has 0 radical (unpaired) electrons. The molecule has 0 aliphatic carbocycles. The zero-order chi connectivity index (χ0) is 26.8. The van der Waals surface area contributed by atoms with Crippen LogP contribution in [0.1, 0.15) is 46.0 Å². The molecule has 2 N–H and O–H groups in total. The number of aryl methyl sites for hydroxylation is 2. The highest BCUT2D eigenvalue weighted by Crippen LogP contribution is 2.29. The third-order valence-electron chi connectivity index (χ3n) is 6.91. The number of carbonyl (C=O) groups excluding carboxylic acids is 1. The van der Waals surface area contributed by atoms with Crippen LogP contribution in [0.15, 0.2) is 42.4 Å². The molecule has 38 heavy (non-hydrogen) atoms. The molecule has 0 unspecified atom stereocenters. The van der Waals surface area contributed by atoms with E-state index in [0.29, 0.717) is 39.9 Å². The van der Waals surface area contributed by atoms with Crippen molar-refractivity contribution in [2.24, 2.45) is 5.73 Å². The van der Waals surface area contributed by atoms with Gasteiger partial charge in [-0.3, -0.25) is 9.78 Å². The lowest BCUT2D eigenvalue weighted by molar-refractivity contribution is 0.0794. The lowest BCUT2D eigenvalue weighted by Crippen LogP contribution is -2.30. The number of ether oxygens (including phenoxy) is 1. The molecular weight excluding hydrogens is 507 g/mol. The van der Waals surface area contributed by atoms with Crippen LogP contribution in [0, 0.1) is 19.7 Å². The molecule has 2 aliphatic heterocycles. The van der Waals surface area contributed by atoms with E-state index in [2.05, 4.69) is 25.9 Å². The largest absolute Gasteiger partial charge is 0.492 e. The van der Waals surface area contributed by atoms with Crippen molar-refractivity contribution in [3.63, 3.8) is 0 Å². The van der Waals surface area contributed by atoms with Gasteiger partial charge in [0.2, 0.25) is 0 Å². The van der Waals surface area contributed by atoms with Crippen LogP contribution in [0.25, 0.3) is 5.57 Å². The minimum atomic E-state index is -0.477. The van der Waals surface area contributed by atoms with Gasteiger partial charge in [0.15, 0.2) is 5.82 Å². The molecule has 0 atom stereocenters. The maximum absolute atomic E-state index is 14.1. The number of hydrogen-bond donors (Lipinski definition) is 1. The number of benzene rings is 1. The number of aromatic nitrogens is 3. The summed E-state index contributed by atoms with van der Waals surface area (Å²) in [7, 11) is 0. The highest BCUT2D eigenvalue weighted by molar-refractivity contribution is 6.31. The number of anilines is 1. The molecule has 2 aromatic heterocycles. The van der Waals surface area contributed by atoms with Crippen molar-refractivity contribution in [1.29, 1.82) is 0 Å². The van der Waals surface area contributed by atoms with E-state index in [9.17, 15) is 9.18 Å². The standard InChI is InChI=1S/C28H30ClFN6O2/c1-17-26(29)18(2)34-27(33-17)23-15-36(16-24(23)31)28(37)22-6-5-20(30)12-25(22)38-10-7-19-11-21(14-32-13-19)35-8-3-4-9-35/h5-6,11-14H,3-4,7-10,15-16,31H2,1-2H3. The maximum atomic E-state index is 14.1. The molecule has 5 rings (SSSR count). The second-order valence-electron chi connectivity index (χ2n) is 9.68. The Hall–Kier alpha value is -3.72. The molecule has 8 nitrogen and oxygen atoms in total. The predicted molar refractivity (Wildman–Crippen MR) is 145 cm³/mol. The van der Waals surface area contributed by atoms with E-state index < -0.39 is 5.82 Å². The molecule has 1 fully saturated rings. The monoisotopic (exact) mass is 536 g/mol. The van der Waals surface area contributed by atoms with Gasteiger partial charge in [-0.15, -0.1) is 0 Å². The Labute approximate surface area is 226 Å². The number of nitrogens with two attached hydrogens (primary N) is 1. The van der Waals surface area contributed by atoms with Crippen LogP contribution in [0.2, 0.25) is 5.02 Å². The molecule has 198 valence electrons. The minimum absolute atomic E-state index is 0.195. The van der Waals surface area contributed by atoms with Crippen molar-refractivity contribution >= 4 is 28.8 Å². The van der Waals surface area contributed by atoms with Crippen LogP contribution in [-0.2, 0) is 6.42 Å². The summed E-state index contributed by atoms with van der Waals surface area (Å²) in [5.74, 6) is -0.134. The summed E-state index contributed by atoms with van der Waals surface area (Å²) >= 11 is 6.21. The fourth-order valence-corrected chi connectivity index (χ4v) is 4.93. The van der Waals surface area contributed by atoms with Crippen molar-refractivity contribution in [2.75, 3.05) is 37.7 Å². The second kappa shape index (κ2) is 10.9.